The summed E-state index contributed by atoms with van der Waals surface area (Å²) >= 11 is 0. The standard InChI is InChI=1S/C28H22N4O8/c1-3-38-23-13-17(12-21(32(35)36)26(23)39-16-25(33)37-2)15-29-31-27(24-14-18-8-4-7-11-22(18)40-24)30-20-10-6-5-9-19(20)28(31)34/h4-15H,3,16H2,1-2H3. The van der Waals surface area contributed by atoms with Crippen molar-refractivity contribution in [1.82, 2.24) is 9.66 Å². The van der Waals surface area contributed by atoms with E-state index in [9.17, 15) is 19.7 Å². The summed E-state index contributed by atoms with van der Waals surface area (Å²) in [6.45, 7) is 1.30. The lowest BCUT2D eigenvalue weighted by Crippen LogP contribution is -2.20. The molecule has 0 spiro atoms. The number of esters is 1. The SMILES string of the molecule is CCOc1cc(C=Nn2c(-c3cc4ccccc4o3)nc3ccccc3c2=O)cc([N+](=O)[O-])c1OCC(=O)OC. The van der Waals surface area contributed by atoms with E-state index >= 15 is 0 Å². The average Bonchev–Trinajstić information content (AvgIpc) is 3.40. The molecular weight excluding hydrogens is 520 g/mol. The second-order valence-corrected chi connectivity index (χ2v) is 8.38. The Labute approximate surface area is 226 Å². The van der Waals surface area contributed by atoms with E-state index in [-0.39, 0.29) is 29.5 Å². The molecule has 0 fully saturated rings. The summed E-state index contributed by atoms with van der Waals surface area (Å²) < 4.78 is 22.5. The highest BCUT2D eigenvalue weighted by Crippen LogP contribution is 2.38. The fourth-order valence-corrected chi connectivity index (χ4v) is 4.02. The van der Waals surface area contributed by atoms with Crippen LogP contribution in [0.25, 0.3) is 33.5 Å². The van der Waals surface area contributed by atoms with E-state index in [0.717, 1.165) is 10.1 Å². The maximum Gasteiger partial charge on any atom is 0.343 e. The fourth-order valence-electron chi connectivity index (χ4n) is 4.02. The zero-order valence-electron chi connectivity index (χ0n) is 21.4. The highest BCUT2D eigenvalue weighted by Gasteiger charge is 2.24. The number of aromatic nitrogens is 2. The number of nitro groups is 1. The van der Waals surface area contributed by atoms with E-state index in [1.54, 1.807) is 43.3 Å². The van der Waals surface area contributed by atoms with Crippen LogP contribution in [0.3, 0.4) is 0 Å². The van der Waals surface area contributed by atoms with Gasteiger partial charge in [-0.2, -0.15) is 9.78 Å². The van der Waals surface area contributed by atoms with Gasteiger partial charge >= 0.3 is 11.7 Å². The van der Waals surface area contributed by atoms with E-state index in [1.165, 1.54) is 25.5 Å². The molecule has 12 nitrogen and oxygen atoms in total. The zero-order chi connectivity index (χ0) is 28.2. The molecule has 2 aromatic heterocycles. The van der Waals surface area contributed by atoms with Crippen LogP contribution < -0.4 is 15.0 Å². The molecule has 202 valence electrons. The molecule has 0 N–H and O–H groups in total. The molecule has 0 atom stereocenters. The van der Waals surface area contributed by atoms with Crippen LogP contribution in [0.4, 0.5) is 5.69 Å². The first-order valence-corrected chi connectivity index (χ1v) is 12.1. The normalized spacial score (nSPS) is 11.2. The number of benzene rings is 3. The second-order valence-electron chi connectivity index (χ2n) is 8.38. The van der Waals surface area contributed by atoms with Gasteiger partial charge in [0.05, 0.1) is 35.8 Å². The topological polar surface area (TPSA) is 148 Å². The molecule has 3 aromatic carbocycles. The smallest absolute Gasteiger partial charge is 0.343 e. The quantitative estimate of drug-likeness (QED) is 0.113. The van der Waals surface area contributed by atoms with Gasteiger partial charge in [0.15, 0.2) is 18.1 Å². The van der Waals surface area contributed by atoms with Crippen molar-refractivity contribution in [1.29, 1.82) is 0 Å². The Balaban J connectivity index is 1.64. The Hall–Kier alpha value is -5.52. The van der Waals surface area contributed by atoms with Crippen LogP contribution in [0.2, 0.25) is 0 Å². The number of methoxy groups -OCH3 is 1. The number of nitro benzene ring substituents is 1. The van der Waals surface area contributed by atoms with Crippen LogP contribution in [-0.4, -0.2) is 47.1 Å². The lowest BCUT2D eigenvalue weighted by atomic mass is 10.2. The number of carbonyl (C=O) groups is 1. The van der Waals surface area contributed by atoms with Crippen LogP contribution >= 0.6 is 0 Å². The third-order valence-electron chi connectivity index (χ3n) is 5.84. The van der Waals surface area contributed by atoms with E-state index in [2.05, 4.69) is 14.8 Å². The fraction of sp³-hybridized carbons (Fsp3) is 0.143. The highest BCUT2D eigenvalue weighted by atomic mass is 16.6. The van der Waals surface area contributed by atoms with E-state index in [4.69, 9.17) is 13.9 Å². The number of hydrogen-bond acceptors (Lipinski definition) is 10. The summed E-state index contributed by atoms with van der Waals surface area (Å²) in [6.07, 6.45) is 1.27. The molecule has 40 heavy (non-hydrogen) atoms. The van der Waals surface area contributed by atoms with Crippen molar-refractivity contribution in [3.8, 4) is 23.1 Å². The van der Waals surface area contributed by atoms with Crippen molar-refractivity contribution >= 4 is 39.7 Å². The third-order valence-corrected chi connectivity index (χ3v) is 5.84. The predicted octanol–water partition coefficient (Wildman–Crippen LogP) is 4.55. The molecule has 0 radical (unpaired) electrons. The number of ether oxygens (including phenoxy) is 3. The van der Waals surface area contributed by atoms with E-state index < -0.39 is 28.7 Å². The number of fused-ring (bicyclic) bond motifs is 2. The summed E-state index contributed by atoms with van der Waals surface area (Å²) in [5.41, 5.74) is 0.370. The van der Waals surface area contributed by atoms with Gasteiger partial charge in [0.2, 0.25) is 11.6 Å². The molecule has 0 saturated carbocycles. The maximum atomic E-state index is 13.5. The number of nitrogens with zero attached hydrogens (tertiary/aromatic N) is 4. The van der Waals surface area contributed by atoms with Gasteiger partial charge in [-0.15, -0.1) is 0 Å². The molecule has 0 aliphatic heterocycles. The Bertz CT molecular complexity index is 1810. The number of furan rings is 1. The van der Waals surface area contributed by atoms with Crippen molar-refractivity contribution in [2.75, 3.05) is 20.3 Å². The first-order chi connectivity index (χ1) is 19.4. The summed E-state index contributed by atoms with van der Waals surface area (Å²) in [4.78, 5) is 40.9. The van der Waals surface area contributed by atoms with Gasteiger partial charge in [-0.3, -0.25) is 14.9 Å². The van der Waals surface area contributed by atoms with Crippen LogP contribution in [0.15, 0.2) is 81.0 Å². The summed E-state index contributed by atoms with van der Waals surface area (Å²) in [6, 6.07) is 18.6. The molecule has 0 unspecified atom stereocenters. The highest BCUT2D eigenvalue weighted by molar-refractivity contribution is 5.86. The van der Waals surface area contributed by atoms with Crippen LogP contribution in [0.5, 0.6) is 11.5 Å². The molecule has 2 heterocycles. The minimum Gasteiger partial charge on any atom is -0.490 e. The minimum atomic E-state index is -0.719. The molecule has 5 aromatic rings. The monoisotopic (exact) mass is 542 g/mol. The average molecular weight is 543 g/mol. The first-order valence-electron chi connectivity index (χ1n) is 12.1. The predicted molar refractivity (Wildman–Crippen MR) is 146 cm³/mol. The van der Waals surface area contributed by atoms with Gasteiger partial charge in [0.1, 0.15) is 5.58 Å². The molecular formula is C28H22N4O8. The van der Waals surface area contributed by atoms with E-state index in [0.29, 0.717) is 22.2 Å². The van der Waals surface area contributed by atoms with Gasteiger partial charge in [-0.05, 0) is 37.3 Å². The van der Waals surface area contributed by atoms with Gasteiger partial charge in [0, 0.05) is 17.0 Å². The van der Waals surface area contributed by atoms with Crippen molar-refractivity contribution < 1.29 is 28.3 Å². The maximum absolute atomic E-state index is 13.5. The molecule has 0 aliphatic carbocycles. The minimum absolute atomic E-state index is 0.0172. The molecule has 0 saturated heterocycles. The van der Waals surface area contributed by atoms with Crippen molar-refractivity contribution in [2.45, 2.75) is 6.92 Å². The number of rotatable bonds is 9. The molecule has 0 bridgehead atoms. The molecule has 5 rings (SSSR count). The summed E-state index contributed by atoms with van der Waals surface area (Å²) in [5.74, 6) is -0.475. The first kappa shape index (κ1) is 26.1. The Morgan fingerprint density at radius 3 is 2.65 bits per heavy atom. The summed E-state index contributed by atoms with van der Waals surface area (Å²) in [5, 5.41) is 17.4. The Kier molecular flexibility index (Phi) is 7.22. The number of carbonyl (C=O) groups excluding carboxylic acids is 1. The molecule has 0 aliphatic rings. The van der Waals surface area contributed by atoms with Crippen molar-refractivity contribution in [3.05, 3.63) is 92.8 Å². The van der Waals surface area contributed by atoms with Crippen molar-refractivity contribution in [2.24, 2.45) is 5.10 Å². The molecule has 12 heteroatoms. The number of para-hydroxylation sites is 2. The lowest BCUT2D eigenvalue weighted by Gasteiger charge is -2.12. The van der Waals surface area contributed by atoms with Gasteiger partial charge < -0.3 is 18.6 Å². The molecule has 0 amide bonds. The van der Waals surface area contributed by atoms with Gasteiger partial charge in [-0.1, -0.05) is 30.3 Å². The van der Waals surface area contributed by atoms with Gasteiger partial charge in [0.25, 0.3) is 5.56 Å². The van der Waals surface area contributed by atoms with Crippen LogP contribution in [-0.2, 0) is 9.53 Å². The van der Waals surface area contributed by atoms with Crippen LogP contribution in [0, 0.1) is 10.1 Å². The van der Waals surface area contributed by atoms with E-state index in [1.807, 2.05) is 18.2 Å². The van der Waals surface area contributed by atoms with Gasteiger partial charge in [-0.25, -0.2) is 9.78 Å². The van der Waals surface area contributed by atoms with Crippen LogP contribution in [0.1, 0.15) is 12.5 Å². The third kappa shape index (κ3) is 5.10. The Morgan fingerprint density at radius 2 is 1.90 bits per heavy atom. The second kappa shape index (κ2) is 11.1. The van der Waals surface area contributed by atoms with Crippen molar-refractivity contribution in [3.63, 3.8) is 0 Å². The largest absolute Gasteiger partial charge is 0.490 e. The zero-order valence-corrected chi connectivity index (χ0v) is 21.4. The lowest BCUT2D eigenvalue weighted by molar-refractivity contribution is -0.385. The number of hydrogen-bond donors (Lipinski definition) is 0. The Morgan fingerprint density at radius 1 is 1.12 bits per heavy atom. The summed E-state index contributed by atoms with van der Waals surface area (Å²) in [7, 11) is 1.17.